The minimum atomic E-state index is -1.50. The number of nitrogens with one attached hydrogen (secondary N) is 2. The lowest BCUT2D eigenvalue weighted by atomic mass is 9.87. The highest BCUT2D eigenvalue weighted by molar-refractivity contribution is 6.38. The Labute approximate surface area is 474 Å². The number of esters is 2. The fraction of sp³-hybridized carbons (Fsp3) is 0.517. The van der Waals surface area contributed by atoms with E-state index in [9.17, 15) is 43.2 Å². The molecule has 6 atom stereocenters. The standard InChI is InChI=1S/C60H80N6O15/c1-38-55(72)63(8)31-18-17-26-50(68)79-37-60(6,7)52(69)57(74)66-32-19-16-25-44(66)58(75)81-46(29-27-40-28-30-47(76-11)48(33-40)77-12)42-23-20-24-43(34-42)78-36-49(67)64(9)39(2)53(70)62-51(41-21-14-13-15-22-41)56(73)65(10)45(54(71)61-38)35-80-59(3,4)5/h13-15,17,20-24,26,28,30,33-34,38-39,44-46,51H,16,18-19,25,27,29,31-32,35-37H2,1-12H3,(H,61,71)(H,62,70)/t38-,39-,44-,45-,46+,51?/m0/s1. The molecule has 21 nitrogen and oxygen atoms in total. The SMILES string of the molecule is COc1ccc(CC[C@H]2OC(=O)[C@@H]3CCCCN3C(=O)C(=O)C(C)(C)COC(=O)C=CCCN(C)C(=O)[C@H](C)NC(=O)[C@H](COC(C)(C)C)N(C)C(=O)C(c3ccccc3)NC(=O)[C@H](C)N(C)C(=O)COc3cccc2c3)cc1OC. The number of ketones is 1. The van der Waals surface area contributed by atoms with Crippen LogP contribution in [0.1, 0.15) is 109 Å². The number of aryl methyl sites for hydroxylation is 1. The number of Topliss-reactive ketones (excluding diaryl/α,β-unsaturated/α-hetero) is 1. The van der Waals surface area contributed by atoms with Crippen molar-refractivity contribution in [1.29, 1.82) is 0 Å². The van der Waals surface area contributed by atoms with Crippen LogP contribution in [0.3, 0.4) is 0 Å². The van der Waals surface area contributed by atoms with Gasteiger partial charge in [-0.25, -0.2) is 9.59 Å². The number of rotatable bonds is 8. The van der Waals surface area contributed by atoms with E-state index in [-0.39, 0.29) is 44.7 Å². The Morgan fingerprint density at radius 2 is 1.43 bits per heavy atom. The van der Waals surface area contributed by atoms with Gasteiger partial charge in [-0.2, -0.15) is 0 Å². The topological polar surface area (TPSA) is 246 Å². The number of likely N-dealkylation sites (N-methyl/N-ethyl adjacent to an activating group) is 3. The minimum Gasteiger partial charge on any atom is -0.493 e. The maximum Gasteiger partial charge on any atom is 0.330 e. The third kappa shape index (κ3) is 17.8. The van der Waals surface area contributed by atoms with Crippen molar-refractivity contribution in [3.05, 3.63) is 102 Å². The Bertz CT molecular complexity index is 2760. The van der Waals surface area contributed by atoms with E-state index in [1.807, 2.05) is 12.1 Å². The molecule has 1 saturated heterocycles. The summed E-state index contributed by atoms with van der Waals surface area (Å²) < 4.78 is 34.8. The first-order valence-electron chi connectivity index (χ1n) is 27.2. The average molecular weight is 1130 g/mol. The van der Waals surface area contributed by atoms with E-state index < -0.39 is 114 Å². The number of fused-ring (bicyclic) bond motifs is 3. The number of cyclic esters (lactones) is 2. The molecule has 2 aliphatic heterocycles. The highest BCUT2D eigenvalue weighted by Crippen LogP contribution is 2.33. The Morgan fingerprint density at radius 3 is 2.11 bits per heavy atom. The first-order chi connectivity index (χ1) is 38.3. The number of hydrogen-bond acceptors (Lipinski definition) is 15. The predicted molar refractivity (Wildman–Crippen MR) is 299 cm³/mol. The molecule has 2 heterocycles. The van der Waals surface area contributed by atoms with E-state index in [0.29, 0.717) is 41.9 Å². The predicted octanol–water partition coefficient (Wildman–Crippen LogP) is 5.09. The highest BCUT2D eigenvalue weighted by atomic mass is 16.5. The van der Waals surface area contributed by atoms with Gasteiger partial charge in [0.05, 0.1) is 31.8 Å². The van der Waals surface area contributed by atoms with E-state index in [1.54, 1.807) is 81.4 Å². The molecule has 2 N–H and O–H groups in total. The van der Waals surface area contributed by atoms with Crippen LogP contribution in [-0.4, -0.2) is 171 Å². The molecule has 0 radical (unpaired) electrons. The lowest BCUT2D eigenvalue weighted by Crippen LogP contribution is -2.57. The van der Waals surface area contributed by atoms with Crippen LogP contribution in [0.5, 0.6) is 17.2 Å². The quantitative estimate of drug-likeness (QED) is 0.220. The molecule has 440 valence electrons. The molecule has 2 aliphatic rings. The van der Waals surface area contributed by atoms with Gasteiger partial charge in [0.2, 0.25) is 29.4 Å². The fourth-order valence-electron chi connectivity index (χ4n) is 9.00. The number of ether oxygens (including phenoxy) is 6. The molecule has 0 saturated carbocycles. The van der Waals surface area contributed by atoms with Crippen LogP contribution in [-0.2, 0) is 63.8 Å². The summed E-state index contributed by atoms with van der Waals surface area (Å²) in [5.41, 5.74) is -0.537. The van der Waals surface area contributed by atoms with Gasteiger partial charge >= 0.3 is 11.9 Å². The molecule has 1 unspecified atom stereocenters. The van der Waals surface area contributed by atoms with Gasteiger partial charge in [-0.05, 0) is 128 Å². The molecule has 3 aromatic carbocycles. The van der Waals surface area contributed by atoms with E-state index in [2.05, 4.69) is 10.6 Å². The van der Waals surface area contributed by atoms with Crippen molar-refractivity contribution in [3.8, 4) is 17.2 Å². The first kappa shape index (κ1) is 64.0. The zero-order valence-electron chi connectivity index (χ0n) is 48.7. The second-order valence-electron chi connectivity index (χ2n) is 21.9. The summed E-state index contributed by atoms with van der Waals surface area (Å²) in [6.07, 6.45) is 3.82. The van der Waals surface area contributed by atoms with E-state index >= 15 is 0 Å². The van der Waals surface area contributed by atoms with Crippen molar-refractivity contribution in [2.75, 3.05) is 68.3 Å². The van der Waals surface area contributed by atoms with Crippen molar-refractivity contribution < 1.29 is 71.6 Å². The summed E-state index contributed by atoms with van der Waals surface area (Å²) in [5, 5.41) is 5.50. The van der Waals surface area contributed by atoms with Crippen molar-refractivity contribution in [3.63, 3.8) is 0 Å². The van der Waals surface area contributed by atoms with E-state index in [1.165, 1.54) is 83.8 Å². The van der Waals surface area contributed by atoms with Gasteiger partial charge in [-0.3, -0.25) is 33.6 Å². The van der Waals surface area contributed by atoms with Crippen molar-refractivity contribution in [1.82, 2.24) is 30.2 Å². The molecule has 6 amide bonds. The molecular weight excluding hydrogens is 1040 g/mol. The molecule has 3 aromatic rings. The molecule has 2 bridgehead atoms. The van der Waals surface area contributed by atoms with Gasteiger partial charge in [0.25, 0.3) is 11.8 Å². The monoisotopic (exact) mass is 1120 g/mol. The van der Waals surface area contributed by atoms with Crippen molar-refractivity contribution >= 4 is 53.2 Å². The zero-order valence-corrected chi connectivity index (χ0v) is 48.7. The van der Waals surface area contributed by atoms with Crippen LogP contribution in [0, 0.1) is 5.41 Å². The zero-order chi connectivity index (χ0) is 59.8. The molecule has 81 heavy (non-hydrogen) atoms. The molecule has 1 fully saturated rings. The van der Waals surface area contributed by atoms with E-state index in [0.717, 1.165) is 16.5 Å². The van der Waals surface area contributed by atoms with Gasteiger partial charge in [0.1, 0.15) is 48.7 Å². The van der Waals surface area contributed by atoms with Crippen molar-refractivity contribution in [2.24, 2.45) is 5.41 Å². The Kier molecular flexibility index (Phi) is 23.0. The summed E-state index contributed by atoms with van der Waals surface area (Å²) in [5.74, 6) is -5.27. The number of amides is 6. The summed E-state index contributed by atoms with van der Waals surface area (Å²) in [7, 11) is 7.37. The van der Waals surface area contributed by atoms with Crippen LogP contribution < -0.4 is 24.8 Å². The Hall–Kier alpha value is -7.81. The number of piperidine rings is 1. The molecular formula is C60H80N6O15. The van der Waals surface area contributed by atoms with Crippen LogP contribution in [0.4, 0.5) is 0 Å². The summed E-state index contributed by atoms with van der Waals surface area (Å²) in [6.45, 7) is 10.2. The van der Waals surface area contributed by atoms with Gasteiger partial charge in [0.15, 0.2) is 18.1 Å². The van der Waals surface area contributed by atoms with Gasteiger partial charge in [0, 0.05) is 40.3 Å². The third-order valence-electron chi connectivity index (χ3n) is 14.2. The first-order valence-corrected chi connectivity index (χ1v) is 27.2. The van der Waals surface area contributed by atoms with Crippen LogP contribution in [0.2, 0.25) is 0 Å². The van der Waals surface area contributed by atoms with Gasteiger partial charge < -0.3 is 58.7 Å². The number of benzene rings is 3. The van der Waals surface area contributed by atoms with Crippen LogP contribution in [0.25, 0.3) is 0 Å². The molecule has 21 heteroatoms. The number of carbonyl (C=O) groups is 9. The largest absolute Gasteiger partial charge is 0.493 e. The maximum absolute atomic E-state index is 14.7. The average Bonchev–Trinajstić information content (AvgIpc) is 3.45. The number of methoxy groups -OCH3 is 2. The number of hydrogen-bond donors (Lipinski definition) is 2. The normalized spacial score (nSPS) is 23.3. The molecule has 5 rings (SSSR count). The van der Waals surface area contributed by atoms with Crippen molar-refractivity contribution in [2.45, 2.75) is 129 Å². The molecule has 0 aliphatic carbocycles. The summed E-state index contributed by atoms with van der Waals surface area (Å²) in [6, 6.07) is 14.5. The third-order valence-corrected chi connectivity index (χ3v) is 14.2. The van der Waals surface area contributed by atoms with Gasteiger partial charge in [-0.1, -0.05) is 54.6 Å². The lowest BCUT2D eigenvalue weighted by Gasteiger charge is -2.36. The Morgan fingerprint density at radius 1 is 0.741 bits per heavy atom. The second kappa shape index (κ2) is 29.1. The fourth-order valence-corrected chi connectivity index (χ4v) is 9.00. The summed E-state index contributed by atoms with van der Waals surface area (Å²) >= 11 is 0. The van der Waals surface area contributed by atoms with Gasteiger partial charge in [-0.15, -0.1) is 0 Å². The molecule has 0 spiro atoms. The Balaban J connectivity index is 1.48. The lowest BCUT2D eigenvalue weighted by molar-refractivity contribution is -0.165. The number of nitrogens with zero attached hydrogens (tertiary/aromatic N) is 4. The minimum absolute atomic E-state index is 0.101. The van der Waals surface area contributed by atoms with Crippen LogP contribution >= 0.6 is 0 Å². The maximum atomic E-state index is 14.7. The smallest absolute Gasteiger partial charge is 0.330 e. The number of carbonyl (C=O) groups excluding carboxylic acids is 9. The van der Waals surface area contributed by atoms with E-state index in [4.69, 9.17) is 28.4 Å². The second-order valence-corrected chi connectivity index (χ2v) is 21.9. The van der Waals surface area contributed by atoms with Crippen LogP contribution in [0.15, 0.2) is 84.9 Å². The highest BCUT2D eigenvalue weighted by Gasteiger charge is 2.43. The summed E-state index contributed by atoms with van der Waals surface area (Å²) in [4.78, 5) is 131. The molecule has 0 aromatic heterocycles.